The molecule has 0 radical (unpaired) electrons. The van der Waals surface area contributed by atoms with Crippen molar-refractivity contribution in [2.24, 2.45) is 5.73 Å². The van der Waals surface area contributed by atoms with E-state index in [9.17, 15) is 19.1 Å². The molecule has 1 unspecified atom stereocenters. The van der Waals surface area contributed by atoms with Gasteiger partial charge in [-0.1, -0.05) is 0 Å². The number of nitrogens with two attached hydrogens (primary N) is 2. The second-order valence-corrected chi connectivity index (χ2v) is 6.88. The quantitative estimate of drug-likeness (QED) is 0.337. The Balaban J connectivity index is 2.05. The van der Waals surface area contributed by atoms with Gasteiger partial charge in [0.25, 0.3) is 5.56 Å². The lowest BCUT2D eigenvalue weighted by atomic mass is 9.99. The molecule has 5 N–H and O–H groups in total. The Morgan fingerprint density at radius 1 is 1.38 bits per heavy atom. The minimum atomic E-state index is -1.48. The zero-order chi connectivity index (χ0) is 20.9. The van der Waals surface area contributed by atoms with E-state index in [0.717, 1.165) is 5.56 Å². The lowest BCUT2D eigenvalue weighted by Gasteiger charge is -2.14. The van der Waals surface area contributed by atoms with Gasteiger partial charge >= 0.3 is 0 Å². The van der Waals surface area contributed by atoms with Crippen LogP contribution in [0, 0.1) is 5.82 Å². The van der Waals surface area contributed by atoms with Crippen LogP contribution in [0.1, 0.15) is 28.4 Å². The van der Waals surface area contributed by atoms with Crippen LogP contribution in [-0.4, -0.2) is 28.1 Å². The van der Waals surface area contributed by atoms with Gasteiger partial charge in [0, 0.05) is 41.8 Å². The van der Waals surface area contributed by atoms with Crippen molar-refractivity contribution < 1.29 is 19.0 Å². The van der Waals surface area contributed by atoms with Crippen LogP contribution < -0.4 is 17.0 Å². The highest BCUT2D eigenvalue weighted by Gasteiger charge is 2.29. The van der Waals surface area contributed by atoms with Crippen LogP contribution in [0.15, 0.2) is 23.0 Å². The third-order valence-electron chi connectivity index (χ3n) is 5.26. The summed E-state index contributed by atoms with van der Waals surface area (Å²) in [5.74, 6) is -0.601. The van der Waals surface area contributed by atoms with Gasteiger partial charge in [0.1, 0.15) is 11.9 Å². The number of hydrogen-bond donors (Lipinski definition) is 3. The molecule has 3 aromatic rings. The third-order valence-corrected chi connectivity index (χ3v) is 5.26. The number of pyridine rings is 2. The average Bonchev–Trinajstić information content (AvgIpc) is 3.07. The molecule has 150 valence electrons. The molecule has 2 aromatic heterocycles. The van der Waals surface area contributed by atoms with E-state index < -0.39 is 17.5 Å². The largest absolute Gasteiger partial charge is 0.396 e. The minimum Gasteiger partial charge on any atom is -0.396 e. The number of methoxy groups -OCH3 is 1. The zero-order valence-electron chi connectivity index (χ0n) is 15.6. The number of fused-ring (bicyclic) bond motifs is 4. The Kier molecular flexibility index (Phi) is 4.65. The van der Waals surface area contributed by atoms with Gasteiger partial charge in [-0.2, -0.15) is 0 Å². The van der Waals surface area contributed by atoms with Crippen LogP contribution >= 0.6 is 0 Å². The van der Waals surface area contributed by atoms with E-state index in [1.54, 1.807) is 6.07 Å². The summed E-state index contributed by atoms with van der Waals surface area (Å²) < 4.78 is 20.6. The molecule has 1 aliphatic rings. The van der Waals surface area contributed by atoms with Crippen molar-refractivity contribution in [3.8, 4) is 11.4 Å². The van der Waals surface area contributed by atoms with Gasteiger partial charge in [-0.25, -0.2) is 9.37 Å². The number of hydrogen-bond acceptors (Lipinski definition) is 7. The van der Waals surface area contributed by atoms with Crippen molar-refractivity contribution in [3.05, 3.63) is 56.6 Å². The molecule has 29 heavy (non-hydrogen) atoms. The number of halogens is 1. The van der Waals surface area contributed by atoms with Gasteiger partial charge in [0.15, 0.2) is 6.29 Å². The van der Waals surface area contributed by atoms with Crippen LogP contribution in [0.2, 0.25) is 0 Å². The van der Waals surface area contributed by atoms with Gasteiger partial charge in [0.2, 0.25) is 0 Å². The molecule has 1 aliphatic heterocycles. The van der Waals surface area contributed by atoms with E-state index in [4.69, 9.17) is 16.2 Å². The molecule has 0 amide bonds. The molecule has 0 aliphatic carbocycles. The molecule has 3 heterocycles. The Morgan fingerprint density at radius 3 is 2.79 bits per heavy atom. The van der Waals surface area contributed by atoms with Crippen molar-refractivity contribution in [2.45, 2.75) is 25.8 Å². The summed E-state index contributed by atoms with van der Waals surface area (Å²) in [4.78, 5) is 28.8. The normalized spacial score (nSPS) is 13.4. The van der Waals surface area contributed by atoms with Crippen LogP contribution in [0.25, 0.3) is 22.3 Å². The molecule has 0 bridgehead atoms. The first kappa shape index (κ1) is 19.2. The van der Waals surface area contributed by atoms with E-state index in [1.165, 1.54) is 23.8 Å². The third kappa shape index (κ3) is 2.82. The molecule has 9 heteroatoms. The maximum atomic E-state index is 14.0. The van der Waals surface area contributed by atoms with Crippen LogP contribution in [0.3, 0.4) is 0 Å². The smallest absolute Gasteiger partial charge is 0.257 e. The Bertz CT molecular complexity index is 1220. The summed E-state index contributed by atoms with van der Waals surface area (Å²) in [5, 5.41) is 10.7. The Morgan fingerprint density at radius 2 is 2.14 bits per heavy atom. The molecule has 4 rings (SSSR count). The number of carbonyl (C=O) groups excluding carboxylic acids is 1. The fourth-order valence-electron chi connectivity index (χ4n) is 3.87. The fraction of sp³-hybridized carbons (Fsp3) is 0.250. The summed E-state index contributed by atoms with van der Waals surface area (Å²) in [5.41, 5.74) is 14.3. The number of benzene rings is 1. The molecule has 0 saturated carbocycles. The predicted octanol–water partition coefficient (Wildman–Crippen LogP) is 0.984. The number of ether oxygens (including phenoxy) is 1. The van der Waals surface area contributed by atoms with Crippen molar-refractivity contribution in [3.63, 3.8) is 0 Å². The maximum absolute atomic E-state index is 14.0. The highest BCUT2D eigenvalue weighted by atomic mass is 19.1. The maximum Gasteiger partial charge on any atom is 0.257 e. The molecular formula is C20H19FN4O4. The van der Waals surface area contributed by atoms with Crippen molar-refractivity contribution in [1.82, 2.24) is 9.55 Å². The highest BCUT2D eigenvalue weighted by molar-refractivity contribution is 5.90. The number of aliphatic hydroxyl groups excluding tert-OH is 1. The first-order valence-corrected chi connectivity index (χ1v) is 8.91. The van der Waals surface area contributed by atoms with Crippen molar-refractivity contribution in [2.75, 3.05) is 12.8 Å². The van der Waals surface area contributed by atoms with E-state index in [1.807, 2.05) is 0 Å². The topological polar surface area (TPSA) is 133 Å². The first-order valence-electron chi connectivity index (χ1n) is 8.91. The van der Waals surface area contributed by atoms with Crippen molar-refractivity contribution >= 4 is 22.9 Å². The number of aromatic nitrogens is 2. The average molecular weight is 398 g/mol. The van der Waals surface area contributed by atoms with Gasteiger partial charge in [-0.3, -0.25) is 4.79 Å². The van der Waals surface area contributed by atoms with Crippen molar-refractivity contribution in [1.29, 1.82) is 0 Å². The highest BCUT2D eigenvalue weighted by Crippen LogP contribution is 2.37. The number of aldehydes is 1. The minimum absolute atomic E-state index is 0.0135. The Hall–Kier alpha value is -3.14. The fourth-order valence-corrected chi connectivity index (χ4v) is 3.87. The van der Waals surface area contributed by atoms with Crippen LogP contribution in [0.5, 0.6) is 0 Å². The molecule has 1 aromatic carbocycles. The lowest BCUT2D eigenvalue weighted by Crippen LogP contribution is -2.26. The number of nitrogens with zero attached hydrogens (tertiary/aromatic N) is 2. The number of rotatable bonds is 5. The second kappa shape index (κ2) is 7.03. The number of nitrogen functional groups attached to an aromatic ring is 1. The standard InChI is InChI=1S/C20H19FN4O4/c1-29-8-13-10(18(27)7-26)3-17-19-12(6-25(17)20(13)28)11(5-22)9-2-15(23)14(21)4-16(9)24-19/h2-4,7,18,27H,5-6,8,22-23H2,1H3. The SMILES string of the molecule is COCc1c(C(O)C=O)cc2n(c1=O)Cc1c-2nc2cc(F)c(N)cc2c1CN. The number of carbonyl (C=O) groups is 1. The van der Waals surface area contributed by atoms with Gasteiger partial charge < -0.3 is 30.7 Å². The summed E-state index contributed by atoms with van der Waals surface area (Å²) in [6, 6.07) is 4.27. The molecule has 0 fully saturated rings. The molecular weight excluding hydrogens is 379 g/mol. The molecule has 8 nitrogen and oxygen atoms in total. The number of aliphatic hydroxyl groups is 1. The first-order chi connectivity index (χ1) is 13.9. The zero-order valence-corrected chi connectivity index (χ0v) is 15.6. The molecule has 0 spiro atoms. The van der Waals surface area contributed by atoms with E-state index in [2.05, 4.69) is 4.98 Å². The summed E-state index contributed by atoms with van der Waals surface area (Å²) in [6.07, 6.45) is -1.13. The van der Waals surface area contributed by atoms with E-state index in [-0.39, 0.29) is 36.5 Å². The second-order valence-electron chi connectivity index (χ2n) is 6.88. The summed E-state index contributed by atoms with van der Waals surface area (Å²) in [6.45, 7) is 0.297. The predicted molar refractivity (Wildman–Crippen MR) is 105 cm³/mol. The van der Waals surface area contributed by atoms with Gasteiger partial charge in [-0.05, 0) is 17.7 Å². The van der Waals surface area contributed by atoms with Crippen LogP contribution in [0.4, 0.5) is 10.1 Å². The summed E-state index contributed by atoms with van der Waals surface area (Å²) in [7, 11) is 1.42. The van der Waals surface area contributed by atoms with Gasteiger partial charge in [0.05, 0.1) is 35.7 Å². The van der Waals surface area contributed by atoms with Crippen LogP contribution in [-0.2, 0) is 29.2 Å². The monoisotopic (exact) mass is 398 g/mol. The van der Waals surface area contributed by atoms with E-state index in [0.29, 0.717) is 34.1 Å². The summed E-state index contributed by atoms with van der Waals surface area (Å²) >= 11 is 0. The van der Waals surface area contributed by atoms with E-state index >= 15 is 0 Å². The number of anilines is 1. The molecule has 1 atom stereocenters. The van der Waals surface area contributed by atoms with Gasteiger partial charge in [-0.15, -0.1) is 0 Å². The lowest BCUT2D eigenvalue weighted by molar-refractivity contribution is -0.115. The Labute approximate surface area is 164 Å². The molecule has 0 saturated heterocycles.